The van der Waals surface area contributed by atoms with Gasteiger partial charge in [0.1, 0.15) is 6.04 Å². The van der Waals surface area contributed by atoms with E-state index in [2.05, 4.69) is 31.4 Å². The summed E-state index contributed by atoms with van der Waals surface area (Å²) >= 11 is 0. The molecule has 1 aromatic carbocycles. The first kappa shape index (κ1) is 17.3. The summed E-state index contributed by atoms with van der Waals surface area (Å²) in [5.41, 5.74) is 2.17. The lowest BCUT2D eigenvalue weighted by molar-refractivity contribution is -0.117. The van der Waals surface area contributed by atoms with Crippen molar-refractivity contribution in [1.82, 2.24) is 4.90 Å². The van der Waals surface area contributed by atoms with Crippen LogP contribution in [-0.4, -0.2) is 36.3 Å². The molecule has 2 N–H and O–H groups in total. The van der Waals surface area contributed by atoms with Crippen molar-refractivity contribution in [2.75, 3.05) is 24.2 Å². The standard InChI is InChI=1S/C18H27N3O2/c1-5-6-9-21(4)18(23)13-7-8-14-15(11-13)20-17(22)16(19-14)10-12(2)3/h7-8,11-12,16,19H,5-6,9-10H2,1-4H3,(H,20,22). The number of unbranched alkanes of at least 4 members (excludes halogenated alkanes) is 1. The molecule has 0 saturated carbocycles. The Morgan fingerprint density at radius 2 is 2.04 bits per heavy atom. The zero-order valence-electron chi connectivity index (χ0n) is 14.5. The van der Waals surface area contributed by atoms with E-state index in [9.17, 15) is 9.59 Å². The first-order chi connectivity index (χ1) is 10.9. The van der Waals surface area contributed by atoms with Crippen molar-refractivity contribution in [1.29, 1.82) is 0 Å². The number of hydrogen-bond donors (Lipinski definition) is 2. The molecule has 2 amide bonds. The van der Waals surface area contributed by atoms with Crippen molar-refractivity contribution >= 4 is 23.2 Å². The fourth-order valence-electron chi connectivity index (χ4n) is 2.73. The molecule has 1 aliphatic heterocycles. The minimum Gasteiger partial charge on any atom is -0.372 e. The molecule has 0 bridgehead atoms. The number of anilines is 2. The molecular formula is C18H27N3O2. The summed E-state index contributed by atoms with van der Waals surface area (Å²) in [6.07, 6.45) is 2.83. The summed E-state index contributed by atoms with van der Waals surface area (Å²) in [5, 5.41) is 6.19. The normalized spacial score (nSPS) is 16.6. The molecule has 2 rings (SSSR count). The summed E-state index contributed by atoms with van der Waals surface area (Å²) in [6.45, 7) is 7.04. The molecule has 1 aromatic rings. The van der Waals surface area contributed by atoms with Crippen LogP contribution in [-0.2, 0) is 4.79 Å². The molecule has 5 nitrogen and oxygen atoms in total. The zero-order valence-corrected chi connectivity index (χ0v) is 14.5. The first-order valence-electron chi connectivity index (χ1n) is 8.39. The molecule has 5 heteroatoms. The number of carbonyl (C=O) groups excluding carboxylic acids is 2. The third-order valence-electron chi connectivity index (χ3n) is 4.07. The Kier molecular flexibility index (Phi) is 5.64. The van der Waals surface area contributed by atoms with Gasteiger partial charge in [0.05, 0.1) is 11.4 Å². The minimum absolute atomic E-state index is 0.0141. The van der Waals surface area contributed by atoms with Crippen LogP contribution in [0.1, 0.15) is 50.4 Å². The number of fused-ring (bicyclic) bond motifs is 1. The van der Waals surface area contributed by atoms with E-state index >= 15 is 0 Å². The molecule has 1 atom stereocenters. The molecule has 0 spiro atoms. The number of nitrogens with zero attached hydrogens (tertiary/aromatic N) is 1. The average Bonchev–Trinajstić information content (AvgIpc) is 2.51. The Morgan fingerprint density at radius 1 is 1.30 bits per heavy atom. The summed E-state index contributed by atoms with van der Waals surface area (Å²) in [5.74, 6) is 0.391. The molecule has 0 saturated heterocycles. The Morgan fingerprint density at radius 3 is 2.70 bits per heavy atom. The van der Waals surface area contributed by atoms with Crippen molar-refractivity contribution in [2.24, 2.45) is 5.92 Å². The van der Waals surface area contributed by atoms with Crippen LogP contribution < -0.4 is 10.6 Å². The number of rotatable bonds is 6. The summed E-state index contributed by atoms with van der Waals surface area (Å²) in [4.78, 5) is 26.3. The third kappa shape index (κ3) is 4.24. The van der Waals surface area contributed by atoms with E-state index in [1.807, 2.05) is 19.2 Å². The lowest BCUT2D eigenvalue weighted by atomic mass is 10.00. The third-order valence-corrected chi connectivity index (χ3v) is 4.07. The van der Waals surface area contributed by atoms with E-state index in [1.54, 1.807) is 11.0 Å². The Bertz CT molecular complexity index is 584. The van der Waals surface area contributed by atoms with Crippen LogP contribution in [0.2, 0.25) is 0 Å². The Labute approximate surface area is 138 Å². The molecule has 1 heterocycles. The van der Waals surface area contributed by atoms with Gasteiger partial charge < -0.3 is 15.5 Å². The molecular weight excluding hydrogens is 290 g/mol. The lowest BCUT2D eigenvalue weighted by Gasteiger charge is -2.28. The van der Waals surface area contributed by atoms with E-state index in [-0.39, 0.29) is 17.9 Å². The molecule has 23 heavy (non-hydrogen) atoms. The van der Waals surface area contributed by atoms with E-state index in [0.29, 0.717) is 17.2 Å². The predicted molar refractivity (Wildman–Crippen MR) is 93.8 cm³/mol. The molecule has 0 radical (unpaired) electrons. The fraction of sp³-hybridized carbons (Fsp3) is 0.556. The van der Waals surface area contributed by atoms with Gasteiger partial charge in [-0.15, -0.1) is 0 Å². The van der Waals surface area contributed by atoms with Crippen LogP contribution in [0.5, 0.6) is 0 Å². The van der Waals surface area contributed by atoms with Crippen LogP contribution in [0, 0.1) is 5.92 Å². The summed E-state index contributed by atoms with van der Waals surface area (Å²) in [7, 11) is 1.81. The summed E-state index contributed by atoms with van der Waals surface area (Å²) in [6, 6.07) is 5.25. The highest BCUT2D eigenvalue weighted by atomic mass is 16.2. The highest BCUT2D eigenvalue weighted by Crippen LogP contribution is 2.29. The minimum atomic E-state index is -0.212. The first-order valence-corrected chi connectivity index (χ1v) is 8.39. The summed E-state index contributed by atoms with van der Waals surface area (Å²) < 4.78 is 0. The molecule has 1 aliphatic rings. The molecule has 0 aliphatic carbocycles. The molecule has 1 unspecified atom stereocenters. The Balaban J connectivity index is 2.13. The van der Waals surface area contributed by atoms with Crippen LogP contribution in [0.15, 0.2) is 18.2 Å². The van der Waals surface area contributed by atoms with Crippen LogP contribution in [0.3, 0.4) is 0 Å². The number of amides is 2. The quantitative estimate of drug-likeness (QED) is 0.846. The van der Waals surface area contributed by atoms with Gasteiger partial charge in [-0.05, 0) is 37.0 Å². The van der Waals surface area contributed by atoms with Crippen molar-refractivity contribution in [3.8, 4) is 0 Å². The van der Waals surface area contributed by atoms with Gasteiger partial charge in [0.15, 0.2) is 0 Å². The van der Waals surface area contributed by atoms with Gasteiger partial charge in [-0.3, -0.25) is 9.59 Å². The lowest BCUT2D eigenvalue weighted by Crippen LogP contribution is -2.39. The smallest absolute Gasteiger partial charge is 0.253 e. The fourth-order valence-corrected chi connectivity index (χ4v) is 2.73. The van der Waals surface area contributed by atoms with E-state index < -0.39 is 0 Å². The van der Waals surface area contributed by atoms with E-state index in [0.717, 1.165) is 31.5 Å². The van der Waals surface area contributed by atoms with Gasteiger partial charge >= 0.3 is 0 Å². The molecule has 0 fully saturated rings. The van der Waals surface area contributed by atoms with E-state index in [4.69, 9.17) is 0 Å². The van der Waals surface area contributed by atoms with Crippen molar-refractivity contribution in [2.45, 2.75) is 46.1 Å². The number of hydrogen-bond acceptors (Lipinski definition) is 3. The second-order valence-electron chi connectivity index (χ2n) is 6.66. The van der Waals surface area contributed by atoms with Gasteiger partial charge in [-0.2, -0.15) is 0 Å². The van der Waals surface area contributed by atoms with E-state index in [1.165, 1.54) is 0 Å². The van der Waals surface area contributed by atoms with Crippen molar-refractivity contribution in [3.05, 3.63) is 23.8 Å². The number of nitrogens with one attached hydrogen (secondary N) is 2. The molecule has 0 aromatic heterocycles. The van der Waals surface area contributed by atoms with Crippen LogP contribution >= 0.6 is 0 Å². The van der Waals surface area contributed by atoms with Crippen LogP contribution in [0.25, 0.3) is 0 Å². The largest absolute Gasteiger partial charge is 0.372 e. The topological polar surface area (TPSA) is 61.4 Å². The number of benzene rings is 1. The van der Waals surface area contributed by atoms with Crippen LogP contribution in [0.4, 0.5) is 11.4 Å². The average molecular weight is 317 g/mol. The highest BCUT2D eigenvalue weighted by Gasteiger charge is 2.26. The Hall–Kier alpha value is -2.04. The second kappa shape index (κ2) is 7.49. The monoisotopic (exact) mass is 317 g/mol. The van der Waals surface area contributed by atoms with Crippen molar-refractivity contribution in [3.63, 3.8) is 0 Å². The van der Waals surface area contributed by atoms with Crippen molar-refractivity contribution < 1.29 is 9.59 Å². The number of carbonyl (C=O) groups is 2. The second-order valence-corrected chi connectivity index (χ2v) is 6.66. The SMILES string of the molecule is CCCCN(C)C(=O)c1ccc2c(c1)NC(=O)C(CC(C)C)N2. The van der Waals surface area contributed by atoms with Gasteiger partial charge in [0.25, 0.3) is 5.91 Å². The molecule has 126 valence electrons. The van der Waals surface area contributed by atoms with Gasteiger partial charge in [0.2, 0.25) is 5.91 Å². The zero-order chi connectivity index (χ0) is 17.0. The highest BCUT2D eigenvalue weighted by molar-refractivity contribution is 6.05. The maximum Gasteiger partial charge on any atom is 0.253 e. The van der Waals surface area contributed by atoms with Gasteiger partial charge in [0, 0.05) is 19.2 Å². The van der Waals surface area contributed by atoms with Gasteiger partial charge in [-0.1, -0.05) is 27.2 Å². The maximum atomic E-state index is 12.4. The predicted octanol–water partition coefficient (Wildman–Crippen LogP) is 3.34. The maximum absolute atomic E-state index is 12.4. The van der Waals surface area contributed by atoms with Gasteiger partial charge in [-0.25, -0.2) is 0 Å².